The highest BCUT2D eigenvalue weighted by Crippen LogP contribution is 2.27. The highest BCUT2D eigenvalue weighted by molar-refractivity contribution is 5.75. The van der Waals surface area contributed by atoms with E-state index in [0.717, 1.165) is 44.3 Å². The number of hydrogen-bond donors (Lipinski definition) is 2. The summed E-state index contributed by atoms with van der Waals surface area (Å²) in [4.78, 5) is 18.5. The summed E-state index contributed by atoms with van der Waals surface area (Å²) in [5.41, 5.74) is 1.16. The van der Waals surface area contributed by atoms with Gasteiger partial charge >= 0.3 is 6.03 Å². The van der Waals surface area contributed by atoms with E-state index < -0.39 is 0 Å². The highest BCUT2D eigenvalue weighted by Gasteiger charge is 2.37. The van der Waals surface area contributed by atoms with Crippen LogP contribution in [0, 0.1) is 0 Å². The topological polar surface area (TPSA) is 57.3 Å². The molecule has 2 saturated heterocycles. The average Bonchev–Trinajstić information content (AvgIpc) is 2.73. The number of nitrogens with one attached hydrogen (secondary N) is 2. The first-order chi connectivity index (χ1) is 9.84. The fourth-order valence-electron chi connectivity index (χ4n) is 3.26. The monoisotopic (exact) mass is 274 g/mol. The molecule has 0 spiro atoms. The van der Waals surface area contributed by atoms with Crippen molar-refractivity contribution in [3.8, 4) is 0 Å². The van der Waals surface area contributed by atoms with Gasteiger partial charge in [-0.25, -0.2) is 4.79 Å². The Morgan fingerprint density at radius 1 is 1.40 bits per heavy atom. The third-order valence-corrected chi connectivity index (χ3v) is 4.30. The van der Waals surface area contributed by atoms with Gasteiger partial charge in [-0.1, -0.05) is 6.07 Å². The summed E-state index contributed by atoms with van der Waals surface area (Å²) in [6, 6.07) is 4.87. The van der Waals surface area contributed by atoms with Crippen molar-refractivity contribution in [2.24, 2.45) is 0 Å². The number of hydrogen-bond acceptors (Lipinski definition) is 3. The van der Waals surface area contributed by atoms with Gasteiger partial charge in [0, 0.05) is 37.6 Å². The Hall–Kier alpha value is -1.62. The molecular formula is C15H22N4O. The van der Waals surface area contributed by atoms with Crippen molar-refractivity contribution in [3.63, 3.8) is 0 Å². The van der Waals surface area contributed by atoms with Gasteiger partial charge in [0.05, 0.1) is 0 Å². The molecule has 5 nitrogen and oxygen atoms in total. The van der Waals surface area contributed by atoms with E-state index in [1.54, 1.807) is 6.20 Å². The highest BCUT2D eigenvalue weighted by atomic mass is 16.2. The smallest absolute Gasteiger partial charge is 0.317 e. The number of pyridine rings is 1. The van der Waals surface area contributed by atoms with Gasteiger partial charge in [-0.15, -0.1) is 0 Å². The molecular weight excluding hydrogens is 252 g/mol. The summed E-state index contributed by atoms with van der Waals surface area (Å²) < 4.78 is 0. The van der Waals surface area contributed by atoms with E-state index in [2.05, 4.69) is 20.5 Å². The van der Waals surface area contributed by atoms with Gasteiger partial charge in [-0.2, -0.15) is 0 Å². The molecule has 0 aromatic carbocycles. The van der Waals surface area contributed by atoms with E-state index in [4.69, 9.17) is 0 Å². The normalized spacial score (nSPS) is 25.3. The van der Waals surface area contributed by atoms with Crippen molar-refractivity contribution in [3.05, 3.63) is 30.1 Å². The molecule has 0 radical (unpaired) electrons. The van der Waals surface area contributed by atoms with Crippen LogP contribution in [0.2, 0.25) is 0 Å². The lowest BCUT2D eigenvalue weighted by atomic mass is 10.1. The molecule has 2 N–H and O–H groups in total. The number of rotatable bonds is 3. The van der Waals surface area contributed by atoms with Crippen molar-refractivity contribution >= 4 is 6.03 Å². The lowest BCUT2D eigenvalue weighted by Crippen LogP contribution is -2.48. The summed E-state index contributed by atoms with van der Waals surface area (Å²) >= 11 is 0. The third-order valence-electron chi connectivity index (χ3n) is 4.30. The number of amides is 2. The minimum atomic E-state index is 0.102. The second kappa shape index (κ2) is 6.22. The maximum absolute atomic E-state index is 12.4. The Kier molecular flexibility index (Phi) is 4.16. The molecule has 20 heavy (non-hydrogen) atoms. The number of carbonyl (C=O) groups excluding carboxylic acids is 1. The predicted molar refractivity (Wildman–Crippen MR) is 77.5 cm³/mol. The summed E-state index contributed by atoms with van der Waals surface area (Å²) in [5, 5.41) is 6.48. The second-order valence-corrected chi connectivity index (χ2v) is 5.63. The number of carbonyl (C=O) groups is 1. The number of fused-ring (bicyclic) bond motifs is 2. The molecule has 1 aromatic heterocycles. The lowest BCUT2D eigenvalue weighted by Gasteiger charge is -2.28. The summed E-state index contributed by atoms with van der Waals surface area (Å²) in [6.07, 6.45) is 7.82. The van der Waals surface area contributed by atoms with Crippen LogP contribution in [0.3, 0.4) is 0 Å². The Morgan fingerprint density at radius 2 is 2.30 bits per heavy atom. The molecule has 3 heterocycles. The Balaban J connectivity index is 1.51. The first-order valence-electron chi connectivity index (χ1n) is 7.50. The molecule has 2 atom stereocenters. The first-order valence-corrected chi connectivity index (χ1v) is 7.50. The van der Waals surface area contributed by atoms with Crippen LogP contribution in [0.1, 0.15) is 24.8 Å². The van der Waals surface area contributed by atoms with Crippen LogP contribution < -0.4 is 10.6 Å². The maximum Gasteiger partial charge on any atom is 0.317 e. The van der Waals surface area contributed by atoms with E-state index in [1.807, 2.05) is 18.3 Å². The zero-order valence-corrected chi connectivity index (χ0v) is 11.7. The zero-order chi connectivity index (χ0) is 13.8. The van der Waals surface area contributed by atoms with Crippen LogP contribution in [-0.4, -0.2) is 47.6 Å². The van der Waals surface area contributed by atoms with E-state index in [-0.39, 0.29) is 6.03 Å². The summed E-state index contributed by atoms with van der Waals surface area (Å²) in [6.45, 7) is 2.64. The van der Waals surface area contributed by atoms with Gasteiger partial charge in [0.2, 0.25) is 0 Å². The van der Waals surface area contributed by atoms with Crippen LogP contribution in [0.15, 0.2) is 24.5 Å². The third kappa shape index (κ3) is 2.93. The van der Waals surface area contributed by atoms with E-state index in [1.165, 1.54) is 0 Å². The van der Waals surface area contributed by atoms with Crippen molar-refractivity contribution in [1.82, 2.24) is 20.5 Å². The summed E-state index contributed by atoms with van der Waals surface area (Å²) in [7, 11) is 0. The molecule has 3 rings (SSSR count). The molecule has 2 aliphatic heterocycles. The average molecular weight is 274 g/mol. The van der Waals surface area contributed by atoms with Gasteiger partial charge in [-0.3, -0.25) is 4.98 Å². The van der Waals surface area contributed by atoms with Crippen molar-refractivity contribution in [2.45, 2.75) is 37.8 Å². The molecule has 5 heteroatoms. The van der Waals surface area contributed by atoms with Crippen molar-refractivity contribution in [1.29, 1.82) is 0 Å². The molecule has 0 aliphatic carbocycles. The molecule has 1 aromatic rings. The predicted octanol–water partition coefficient (Wildman–Crippen LogP) is 1.16. The van der Waals surface area contributed by atoms with Crippen molar-refractivity contribution < 1.29 is 4.79 Å². The van der Waals surface area contributed by atoms with E-state index in [9.17, 15) is 4.79 Å². The van der Waals surface area contributed by atoms with Gasteiger partial charge < -0.3 is 15.5 Å². The van der Waals surface area contributed by atoms with Crippen LogP contribution >= 0.6 is 0 Å². The Bertz CT molecular complexity index is 436. The number of aromatic nitrogens is 1. The number of urea groups is 1. The molecule has 2 aliphatic rings. The van der Waals surface area contributed by atoms with Gasteiger partial charge in [0.25, 0.3) is 0 Å². The second-order valence-electron chi connectivity index (χ2n) is 5.63. The first kappa shape index (κ1) is 13.4. The van der Waals surface area contributed by atoms with Gasteiger partial charge in [-0.05, 0) is 43.9 Å². The maximum atomic E-state index is 12.4. The Labute approximate surface area is 119 Å². The fourth-order valence-corrected chi connectivity index (χ4v) is 3.26. The number of nitrogens with zero attached hydrogens (tertiary/aromatic N) is 2. The zero-order valence-electron chi connectivity index (χ0n) is 11.7. The van der Waals surface area contributed by atoms with E-state index in [0.29, 0.717) is 18.6 Å². The molecule has 108 valence electrons. The molecule has 2 fully saturated rings. The van der Waals surface area contributed by atoms with Crippen molar-refractivity contribution in [2.75, 3.05) is 19.6 Å². The quantitative estimate of drug-likeness (QED) is 0.869. The molecule has 2 bridgehead atoms. The lowest BCUT2D eigenvalue weighted by molar-refractivity contribution is 0.176. The molecule has 2 amide bonds. The van der Waals surface area contributed by atoms with Gasteiger partial charge in [0.15, 0.2) is 0 Å². The SMILES string of the molecule is O=C(NCCc1cccnc1)N1[C@H]2CCNC[C@@H]1CC2. The van der Waals surface area contributed by atoms with Crippen LogP contribution in [0.25, 0.3) is 0 Å². The minimum absolute atomic E-state index is 0.102. The van der Waals surface area contributed by atoms with Crippen LogP contribution in [-0.2, 0) is 6.42 Å². The van der Waals surface area contributed by atoms with E-state index >= 15 is 0 Å². The largest absolute Gasteiger partial charge is 0.338 e. The van der Waals surface area contributed by atoms with Crippen LogP contribution in [0.4, 0.5) is 4.79 Å². The van der Waals surface area contributed by atoms with Crippen LogP contribution in [0.5, 0.6) is 0 Å². The van der Waals surface area contributed by atoms with Gasteiger partial charge in [0.1, 0.15) is 0 Å². The molecule has 0 unspecified atom stereocenters. The summed E-state index contributed by atoms with van der Waals surface area (Å²) in [5.74, 6) is 0. The Morgan fingerprint density at radius 3 is 3.15 bits per heavy atom. The minimum Gasteiger partial charge on any atom is -0.338 e. The fraction of sp³-hybridized carbons (Fsp3) is 0.600. The standard InChI is InChI=1S/C15H22N4O/c20-15(18-9-5-12-2-1-7-16-10-12)19-13-3-4-14(19)11-17-8-6-13/h1-2,7,10,13-14,17H,3-6,8-9,11H2,(H,18,20)/t13-,14+/m1/s1. The molecule has 0 saturated carbocycles.